The molecule has 0 aliphatic heterocycles. The van der Waals surface area contributed by atoms with Gasteiger partial charge in [0.15, 0.2) is 0 Å². The van der Waals surface area contributed by atoms with Gasteiger partial charge in [0, 0.05) is 5.41 Å². The van der Waals surface area contributed by atoms with Gasteiger partial charge in [0.25, 0.3) is 0 Å². The fourth-order valence-corrected chi connectivity index (χ4v) is 8.25. The maximum Gasteiger partial charge on any atom is 0.123 e. The Labute approximate surface area is 304 Å². The van der Waals surface area contributed by atoms with Gasteiger partial charge in [0.1, 0.15) is 17.2 Å². The van der Waals surface area contributed by atoms with Crippen molar-refractivity contribution < 1.29 is 15.3 Å². The van der Waals surface area contributed by atoms with Crippen molar-refractivity contribution in [3.8, 4) is 17.2 Å². The van der Waals surface area contributed by atoms with Gasteiger partial charge in [-0.15, -0.1) is 0 Å². The minimum absolute atomic E-state index is 0.173. The summed E-state index contributed by atoms with van der Waals surface area (Å²) in [5.41, 5.74) is 11.6. The highest BCUT2D eigenvalue weighted by atomic mass is 16.3. The number of rotatable bonds is 6. The van der Waals surface area contributed by atoms with Crippen LogP contribution >= 0.6 is 0 Å². The molecule has 50 heavy (non-hydrogen) atoms. The van der Waals surface area contributed by atoms with Crippen LogP contribution in [0.1, 0.15) is 150 Å². The second-order valence-electron chi connectivity index (χ2n) is 19.5. The number of benzene rings is 3. The van der Waals surface area contributed by atoms with Crippen molar-refractivity contribution in [2.24, 2.45) is 11.3 Å². The van der Waals surface area contributed by atoms with E-state index >= 15 is 0 Å². The largest absolute Gasteiger partial charge is 0.508 e. The van der Waals surface area contributed by atoms with Crippen LogP contribution < -0.4 is 0 Å². The summed E-state index contributed by atoms with van der Waals surface area (Å²) in [7, 11) is 0. The van der Waals surface area contributed by atoms with E-state index in [9.17, 15) is 15.3 Å². The lowest BCUT2D eigenvalue weighted by molar-refractivity contribution is 0.242. The first kappa shape index (κ1) is 39.3. The smallest absolute Gasteiger partial charge is 0.123 e. The van der Waals surface area contributed by atoms with Crippen LogP contribution in [-0.2, 0) is 40.9 Å². The highest BCUT2D eigenvalue weighted by molar-refractivity contribution is 5.55. The lowest BCUT2D eigenvalue weighted by Crippen LogP contribution is -2.39. The van der Waals surface area contributed by atoms with Gasteiger partial charge in [-0.2, -0.15) is 0 Å². The molecule has 1 aliphatic rings. The Kier molecular flexibility index (Phi) is 10.4. The van der Waals surface area contributed by atoms with E-state index in [2.05, 4.69) is 141 Å². The predicted molar refractivity (Wildman–Crippen MR) is 213 cm³/mol. The van der Waals surface area contributed by atoms with Crippen LogP contribution in [-0.4, -0.2) is 15.3 Å². The Balaban J connectivity index is 1.96. The highest BCUT2D eigenvalue weighted by Gasteiger charge is 2.44. The monoisotopic (exact) mass is 679 g/mol. The third kappa shape index (κ3) is 7.58. The van der Waals surface area contributed by atoms with Gasteiger partial charge in [-0.25, -0.2) is 0 Å². The summed E-state index contributed by atoms with van der Waals surface area (Å²) < 4.78 is 0. The molecule has 0 bridgehead atoms. The molecule has 0 saturated heterocycles. The minimum Gasteiger partial charge on any atom is -0.508 e. The van der Waals surface area contributed by atoms with Crippen molar-refractivity contribution in [2.45, 2.75) is 152 Å². The van der Waals surface area contributed by atoms with E-state index in [1.165, 1.54) is 33.4 Å². The van der Waals surface area contributed by atoms with Crippen LogP contribution in [0.4, 0.5) is 0 Å². The number of para-hydroxylation sites is 1. The number of hydrogen-bond acceptors (Lipinski definition) is 3. The van der Waals surface area contributed by atoms with Crippen molar-refractivity contribution in [1.82, 2.24) is 0 Å². The summed E-state index contributed by atoms with van der Waals surface area (Å²) in [6.45, 7) is 35.4. The first-order valence-electron chi connectivity index (χ1n) is 18.6. The summed E-state index contributed by atoms with van der Waals surface area (Å²) in [5.74, 6) is 1.33. The van der Waals surface area contributed by atoms with E-state index in [0.717, 1.165) is 40.7 Å². The average molecular weight is 679 g/mol. The Bertz CT molecular complexity index is 1750. The second kappa shape index (κ2) is 13.3. The van der Waals surface area contributed by atoms with Crippen molar-refractivity contribution in [1.29, 1.82) is 0 Å². The number of aromatic hydroxyl groups is 3. The molecule has 2 unspecified atom stereocenters. The topological polar surface area (TPSA) is 60.7 Å². The van der Waals surface area contributed by atoms with Crippen molar-refractivity contribution >= 4 is 0 Å². The third-order valence-corrected chi connectivity index (χ3v) is 11.7. The molecule has 0 aromatic heterocycles. The molecular weight excluding hydrogens is 613 g/mol. The highest BCUT2D eigenvalue weighted by Crippen LogP contribution is 2.54. The zero-order valence-corrected chi connectivity index (χ0v) is 34.2. The number of hydrogen-bond donors (Lipinski definition) is 3. The average Bonchev–Trinajstić information content (AvgIpc) is 2.97. The van der Waals surface area contributed by atoms with Crippen molar-refractivity contribution in [3.05, 3.63) is 110 Å². The second-order valence-corrected chi connectivity index (χ2v) is 19.5. The van der Waals surface area contributed by atoms with Gasteiger partial charge < -0.3 is 15.3 Å². The molecule has 3 N–H and O–H groups in total. The van der Waals surface area contributed by atoms with Crippen molar-refractivity contribution in [3.63, 3.8) is 0 Å². The Morgan fingerprint density at radius 2 is 0.980 bits per heavy atom. The van der Waals surface area contributed by atoms with E-state index in [0.29, 0.717) is 23.7 Å². The summed E-state index contributed by atoms with van der Waals surface area (Å²) in [6.07, 6.45) is 2.27. The molecule has 0 fully saturated rings. The Hall–Kier alpha value is -3.46. The first-order chi connectivity index (χ1) is 22.7. The van der Waals surface area contributed by atoms with Gasteiger partial charge >= 0.3 is 0 Å². The SMILES string of the molecule is CC1=C(C)C(Cc2cc(C(C)(C)C)c(O)c(C(C)(C)C)c2)(Cc2ccccc2O)C(C)C(C)=C1Cc1cc(C(C)(C)C)c(O)c(C(C)(C)C)c1. The zero-order chi connectivity index (χ0) is 37.9. The van der Waals surface area contributed by atoms with Crippen molar-refractivity contribution in [2.75, 3.05) is 0 Å². The van der Waals surface area contributed by atoms with Crippen LogP contribution in [0.5, 0.6) is 17.2 Å². The van der Waals surface area contributed by atoms with Gasteiger partial charge in [-0.05, 0) is 124 Å². The zero-order valence-electron chi connectivity index (χ0n) is 34.2. The van der Waals surface area contributed by atoms with Crippen LogP contribution in [0, 0.1) is 11.3 Å². The van der Waals surface area contributed by atoms with Gasteiger partial charge in [-0.3, -0.25) is 0 Å². The Morgan fingerprint density at radius 3 is 1.38 bits per heavy atom. The van der Waals surface area contributed by atoms with Crippen LogP contribution in [0.3, 0.4) is 0 Å². The molecule has 0 amide bonds. The summed E-state index contributed by atoms with van der Waals surface area (Å²) >= 11 is 0. The summed E-state index contributed by atoms with van der Waals surface area (Å²) in [6, 6.07) is 16.7. The van der Waals surface area contributed by atoms with Crippen LogP contribution in [0.25, 0.3) is 0 Å². The molecule has 0 spiro atoms. The fraction of sp³-hybridized carbons (Fsp3) is 0.532. The molecule has 3 aromatic rings. The van der Waals surface area contributed by atoms with Crippen LogP contribution in [0.15, 0.2) is 70.8 Å². The fourth-order valence-electron chi connectivity index (χ4n) is 8.25. The van der Waals surface area contributed by atoms with E-state index < -0.39 is 0 Å². The predicted octanol–water partition coefficient (Wildman–Crippen LogP) is 12.3. The van der Waals surface area contributed by atoms with E-state index in [1.54, 1.807) is 6.07 Å². The van der Waals surface area contributed by atoms with E-state index in [-0.39, 0.29) is 33.0 Å². The maximum absolute atomic E-state index is 11.6. The summed E-state index contributed by atoms with van der Waals surface area (Å²) in [4.78, 5) is 0. The van der Waals surface area contributed by atoms with Crippen LogP contribution in [0.2, 0.25) is 0 Å². The maximum atomic E-state index is 11.6. The molecule has 3 nitrogen and oxygen atoms in total. The lowest BCUT2D eigenvalue weighted by Gasteiger charge is -2.47. The Morgan fingerprint density at radius 1 is 0.580 bits per heavy atom. The number of phenolic OH excluding ortho intramolecular Hbond substituents is 3. The molecular formula is C47H66O3. The first-order valence-corrected chi connectivity index (χ1v) is 18.6. The molecule has 272 valence electrons. The standard InChI is InChI=1S/C47H66O3/c1-28-30(3)47(27-34-19-17-18-20-40(34)48,26-33-24-38(45(11,12)13)42(50)39(25-33)46(14,15)16)31(4)29(2)35(28)21-32-22-36(43(5,6)7)41(49)37(23-32)44(8,9)10/h17-20,22-25,30,48-50H,21,26-27H2,1-16H3. The van der Waals surface area contributed by atoms with E-state index in [1.807, 2.05) is 12.1 Å². The molecule has 0 radical (unpaired) electrons. The third-order valence-electron chi connectivity index (χ3n) is 11.7. The number of phenols is 3. The molecule has 0 saturated carbocycles. The quantitative estimate of drug-likeness (QED) is 0.243. The molecule has 2 atom stereocenters. The number of allylic oxidation sites excluding steroid dienone is 4. The lowest BCUT2D eigenvalue weighted by atomic mass is 9.57. The van der Waals surface area contributed by atoms with Gasteiger partial charge in [-0.1, -0.05) is 144 Å². The molecule has 4 rings (SSSR count). The van der Waals surface area contributed by atoms with Gasteiger partial charge in [0.2, 0.25) is 0 Å². The minimum atomic E-state index is -0.306. The molecule has 3 heteroatoms. The van der Waals surface area contributed by atoms with E-state index in [4.69, 9.17) is 0 Å². The molecule has 3 aromatic carbocycles. The normalized spacial score (nSPS) is 19.4. The van der Waals surface area contributed by atoms with Gasteiger partial charge in [0.05, 0.1) is 0 Å². The molecule has 0 heterocycles. The summed E-state index contributed by atoms with van der Waals surface area (Å²) in [5, 5.41) is 34.2. The molecule has 1 aliphatic carbocycles.